The summed E-state index contributed by atoms with van der Waals surface area (Å²) in [4.78, 5) is 12.4. The highest BCUT2D eigenvalue weighted by atomic mass is 16.7. The van der Waals surface area contributed by atoms with Crippen molar-refractivity contribution < 1.29 is 19.4 Å². The maximum Gasteiger partial charge on any atom is 0.319 e. The lowest BCUT2D eigenvalue weighted by atomic mass is 10.4. The van der Waals surface area contributed by atoms with Gasteiger partial charge < -0.3 is 19.9 Å². The van der Waals surface area contributed by atoms with Gasteiger partial charge in [0.1, 0.15) is 0 Å². The van der Waals surface area contributed by atoms with E-state index in [1.165, 1.54) is 19.1 Å². The summed E-state index contributed by atoms with van der Waals surface area (Å²) in [6.45, 7) is 0.999. The first-order chi connectivity index (χ1) is 6.20. The SMILES string of the molecule is COC(OC)C(O)N1CCNC1=O. The first kappa shape index (κ1) is 10.2. The number of nitrogens with one attached hydrogen (secondary N) is 1. The minimum Gasteiger partial charge on any atom is -0.369 e. The molecule has 6 nitrogen and oxygen atoms in total. The molecule has 1 unspecified atom stereocenters. The zero-order chi connectivity index (χ0) is 9.84. The van der Waals surface area contributed by atoms with E-state index in [-0.39, 0.29) is 6.03 Å². The lowest BCUT2D eigenvalue weighted by molar-refractivity contribution is -0.196. The van der Waals surface area contributed by atoms with Gasteiger partial charge in [-0.05, 0) is 0 Å². The van der Waals surface area contributed by atoms with E-state index >= 15 is 0 Å². The number of carbonyl (C=O) groups excluding carboxylic acids is 1. The smallest absolute Gasteiger partial charge is 0.319 e. The molecule has 2 amide bonds. The largest absolute Gasteiger partial charge is 0.369 e. The van der Waals surface area contributed by atoms with Crippen LogP contribution in [0.1, 0.15) is 0 Å². The molecule has 1 atom stereocenters. The van der Waals surface area contributed by atoms with Crippen molar-refractivity contribution >= 4 is 6.03 Å². The third-order valence-electron chi connectivity index (χ3n) is 1.92. The van der Waals surface area contributed by atoms with E-state index in [4.69, 9.17) is 9.47 Å². The van der Waals surface area contributed by atoms with Crippen molar-refractivity contribution in [3.05, 3.63) is 0 Å². The number of methoxy groups -OCH3 is 2. The molecule has 1 heterocycles. The van der Waals surface area contributed by atoms with E-state index in [1.807, 2.05) is 0 Å². The lowest BCUT2D eigenvalue weighted by Crippen LogP contribution is -2.46. The van der Waals surface area contributed by atoms with Crippen LogP contribution in [0.2, 0.25) is 0 Å². The maximum absolute atomic E-state index is 11.1. The molecule has 0 aliphatic carbocycles. The second kappa shape index (κ2) is 4.40. The Hall–Kier alpha value is -0.850. The highest BCUT2D eigenvalue weighted by molar-refractivity contribution is 5.76. The number of aliphatic hydroxyl groups excluding tert-OH is 1. The minimum absolute atomic E-state index is 0.299. The Morgan fingerprint density at radius 1 is 1.54 bits per heavy atom. The van der Waals surface area contributed by atoms with Crippen LogP contribution in [-0.2, 0) is 9.47 Å². The van der Waals surface area contributed by atoms with Crippen LogP contribution >= 0.6 is 0 Å². The van der Waals surface area contributed by atoms with E-state index in [0.717, 1.165) is 0 Å². The van der Waals surface area contributed by atoms with Gasteiger partial charge in [0.25, 0.3) is 0 Å². The van der Waals surface area contributed by atoms with Gasteiger partial charge in [0.05, 0.1) is 0 Å². The van der Waals surface area contributed by atoms with Crippen LogP contribution in [0, 0.1) is 0 Å². The quantitative estimate of drug-likeness (QED) is 0.555. The maximum atomic E-state index is 11.1. The Kier molecular flexibility index (Phi) is 3.47. The molecule has 1 aliphatic heterocycles. The van der Waals surface area contributed by atoms with Crippen molar-refractivity contribution in [1.82, 2.24) is 10.2 Å². The Labute approximate surface area is 76.4 Å². The van der Waals surface area contributed by atoms with Crippen LogP contribution in [0.5, 0.6) is 0 Å². The summed E-state index contributed by atoms with van der Waals surface area (Å²) in [6.07, 6.45) is -1.86. The van der Waals surface area contributed by atoms with Crippen molar-refractivity contribution in [2.45, 2.75) is 12.5 Å². The Morgan fingerprint density at radius 3 is 2.54 bits per heavy atom. The molecule has 2 N–H and O–H groups in total. The van der Waals surface area contributed by atoms with E-state index in [0.29, 0.717) is 13.1 Å². The molecule has 0 aromatic carbocycles. The fraction of sp³-hybridized carbons (Fsp3) is 0.857. The van der Waals surface area contributed by atoms with Crippen molar-refractivity contribution in [2.75, 3.05) is 27.3 Å². The number of amides is 2. The Bertz CT molecular complexity index is 183. The Balaban J connectivity index is 2.54. The van der Waals surface area contributed by atoms with Crippen LogP contribution in [0.4, 0.5) is 4.79 Å². The molecule has 0 aromatic rings. The molecule has 0 saturated carbocycles. The van der Waals surface area contributed by atoms with Gasteiger partial charge >= 0.3 is 6.03 Å². The molecule has 76 valence electrons. The van der Waals surface area contributed by atoms with Crippen LogP contribution < -0.4 is 5.32 Å². The number of hydrogen-bond donors (Lipinski definition) is 2. The van der Waals surface area contributed by atoms with Gasteiger partial charge in [-0.25, -0.2) is 4.79 Å². The monoisotopic (exact) mass is 190 g/mol. The van der Waals surface area contributed by atoms with Crippen LogP contribution in [0.25, 0.3) is 0 Å². The molecule has 0 spiro atoms. The molecule has 1 rings (SSSR count). The van der Waals surface area contributed by atoms with E-state index in [9.17, 15) is 9.90 Å². The van der Waals surface area contributed by atoms with Crippen LogP contribution in [0.15, 0.2) is 0 Å². The second-order valence-corrected chi connectivity index (χ2v) is 2.68. The highest BCUT2D eigenvalue weighted by Crippen LogP contribution is 2.08. The lowest BCUT2D eigenvalue weighted by Gasteiger charge is -2.27. The first-order valence-electron chi connectivity index (χ1n) is 3.99. The van der Waals surface area contributed by atoms with Crippen LogP contribution in [0.3, 0.4) is 0 Å². The second-order valence-electron chi connectivity index (χ2n) is 2.68. The summed E-state index contributed by atoms with van der Waals surface area (Å²) in [5.74, 6) is 0. The first-order valence-corrected chi connectivity index (χ1v) is 3.99. The van der Waals surface area contributed by atoms with Gasteiger partial charge in [0.2, 0.25) is 6.29 Å². The van der Waals surface area contributed by atoms with Gasteiger partial charge in [-0.1, -0.05) is 0 Å². The number of nitrogens with zero attached hydrogens (tertiary/aromatic N) is 1. The summed E-state index contributed by atoms with van der Waals surface area (Å²) in [7, 11) is 2.82. The molecule has 1 saturated heterocycles. The van der Waals surface area contributed by atoms with Crippen molar-refractivity contribution in [2.24, 2.45) is 0 Å². The number of hydrogen-bond acceptors (Lipinski definition) is 4. The molecule has 1 fully saturated rings. The number of urea groups is 1. The number of rotatable bonds is 4. The standard InChI is InChI=1S/C7H14N2O4/c1-12-6(13-2)5(10)9-4-3-8-7(9)11/h5-6,10H,3-4H2,1-2H3,(H,8,11). The number of carbonyl (C=O) groups is 1. The van der Waals surface area contributed by atoms with E-state index < -0.39 is 12.5 Å². The van der Waals surface area contributed by atoms with Crippen molar-refractivity contribution in [3.8, 4) is 0 Å². The Morgan fingerprint density at radius 2 is 2.15 bits per heavy atom. The van der Waals surface area contributed by atoms with Gasteiger partial charge in [-0.2, -0.15) is 0 Å². The zero-order valence-electron chi connectivity index (χ0n) is 7.69. The summed E-state index contributed by atoms with van der Waals surface area (Å²) >= 11 is 0. The van der Waals surface area contributed by atoms with Crippen molar-refractivity contribution in [3.63, 3.8) is 0 Å². The van der Waals surface area contributed by atoms with Gasteiger partial charge in [-0.15, -0.1) is 0 Å². The zero-order valence-corrected chi connectivity index (χ0v) is 7.69. The molecule has 0 radical (unpaired) electrons. The fourth-order valence-corrected chi connectivity index (χ4v) is 1.23. The fourth-order valence-electron chi connectivity index (χ4n) is 1.23. The molecular weight excluding hydrogens is 176 g/mol. The topological polar surface area (TPSA) is 71.0 Å². The van der Waals surface area contributed by atoms with Gasteiger partial charge in [-0.3, -0.25) is 4.90 Å². The minimum atomic E-state index is -1.06. The molecule has 1 aliphatic rings. The molecule has 13 heavy (non-hydrogen) atoms. The number of ether oxygens (including phenoxy) is 2. The average Bonchev–Trinajstić information content (AvgIpc) is 2.53. The normalized spacial score (nSPS) is 19.4. The van der Waals surface area contributed by atoms with Gasteiger partial charge in [0.15, 0.2) is 6.23 Å². The van der Waals surface area contributed by atoms with E-state index in [1.54, 1.807) is 0 Å². The average molecular weight is 190 g/mol. The summed E-state index contributed by atoms with van der Waals surface area (Å²) in [5, 5.41) is 12.2. The third kappa shape index (κ3) is 2.09. The predicted molar refractivity (Wildman–Crippen MR) is 43.9 cm³/mol. The molecule has 0 aromatic heterocycles. The van der Waals surface area contributed by atoms with Crippen molar-refractivity contribution in [1.29, 1.82) is 0 Å². The summed E-state index contributed by atoms with van der Waals surface area (Å²) < 4.78 is 9.66. The molecule has 6 heteroatoms. The molecular formula is C7H14N2O4. The predicted octanol–water partition coefficient (Wildman–Crippen LogP) is -1.05. The summed E-state index contributed by atoms with van der Waals surface area (Å²) in [6, 6.07) is -0.299. The number of aliphatic hydroxyl groups is 1. The highest BCUT2D eigenvalue weighted by Gasteiger charge is 2.32. The third-order valence-corrected chi connectivity index (χ3v) is 1.92. The summed E-state index contributed by atoms with van der Waals surface area (Å²) in [5.41, 5.74) is 0. The molecule has 0 bridgehead atoms. The van der Waals surface area contributed by atoms with Gasteiger partial charge in [0, 0.05) is 27.3 Å². The van der Waals surface area contributed by atoms with E-state index in [2.05, 4.69) is 5.32 Å². The van der Waals surface area contributed by atoms with Crippen LogP contribution in [-0.4, -0.2) is 55.9 Å².